The molecule has 1 heterocycles. The molecule has 0 fully saturated rings. The number of nitrogens with zero attached hydrogens (tertiary/aromatic N) is 1. The number of pyridine rings is 1. The zero-order valence-electron chi connectivity index (χ0n) is 20.8. The van der Waals surface area contributed by atoms with E-state index in [2.05, 4.69) is 32.8 Å². The SMILES string of the molecule is CC(O)C(NC(=O)c1ccc(C#Cc2ccc(NC(=O)CNCCc3ccccn3)cc2)cc1)C(=O)NO. The number of aliphatic hydroxyl groups excluding tert-OH is 1. The predicted octanol–water partition coefficient (Wildman–Crippen LogP) is 1.24. The lowest BCUT2D eigenvalue weighted by atomic mass is 10.1. The molecule has 0 saturated carbocycles. The standard InChI is InChI=1S/C28H29N5O5/c1-19(34)26(28(37)33-38)32-27(36)22-11-7-20(8-12-22)5-6-21-9-13-24(14-10-21)31-25(35)18-29-17-15-23-4-2-3-16-30-23/h2-4,7-14,16,19,26,29,34,38H,15,17-18H2,1H3,(H,31,35)(H,32,36)(H,33,37). The van der Waals surface area contributed by atoms with Gasteiger partial charge in [-0.2, -0.15) is 0 Å². The first kappa shape index (κ1) is 28.0. The number of hydrogen-bond donors (Lipinski definition) is 6. The van der Waals surface area contributed by atoms with Crippen LogP contribution in [0.25, 0.3) is 0 Å². The van der Waals surface area contributed by atoms with Gasteiger partial charge in [0.05, 0.1) is 12.6 Å². The number of benzene rings is 2. The van der Waals surface area contributed by atoms with Crippen molar-refractivity contribution >= 4 is 23.4 Å². The summed E-state index contributed by atoms with van der Waals surface area (Å²) in [5.41, 5.74) is 4.71. The molecule has 196 valence electrons. The monoisotopic (exact) mass is 515 g/mol. The van der Waals surface area contributed by atoms with Crippen molar-refractivity contribution in [3.63, 3.8) is 0 Å². The average molecular weight is 516 g/mol. The third-order valence-electron chi connectivity index (χ3n) is 5.40. The molecular formula is C28H29N5O5. The molecule has 0 bridgehead atoms. The van der Waals surface area contributed by atoms with Crippen LogP contribution in [0.4, 0.5) is 5.69 Å². The number of rotatable bonds is 10. The Bertz CT molecular complexity index is 1280. The maximum absolute atomic E-state index is 12.4. The maximum atomic E-state index is 12.4. The van der Waals surface area contributed by atoms with Gasteiger partial charge in [0.25, 0.3) is 11.8 Å². The van der Waals surface area contributed by atoms with Crippen molar-refractivity contribution in [3.05, 3.63) is 95.3 Å². The van der Waals surface area contributed by atoms with Crippen molar-refractivity contribution in [2.45, 2.75) is 25.5 Å². The molecule has 0 aliphatic carbocycles. The molecular weight excluding hydrogens is 486 g/mol. The van der Waals surface area contributed by atoms with Crippen LogP contribution >= 0.6 is 0 Å². The van der Waals surface area contributed by atoms with Crippen molar-refractivity contribution in [2.75, 3.05) is 18.4 Å². The molecule has 38 heavy (non-hydrogen) atoms. The molecule has 3 amide bonds. The number of amides is 3. The van der Waals surface area contributed by atoms with Crippen LogP contribution in [0.5, 0.6) is 0 Å². The summed E-state index contributed by atoms with van der Waals surface area (Å²) in [4.78, 5) is 40.3. The number of hydroxylamine groups is 1. The quantitative estimate of drug-likeness (QED) is 0.103. The Kier molecular flexibility index (Phi) is 10.5. The molecule has 2 atom stereocenters. The van der Waals surface area contributed by atoms with Gasteiger partial charge in [0.1, 0.15) is 6.04 Å². The highest BCUT2D eigenvalue weighted by molar-refractivity contribution is 5.97. The van der Waals surface area contributed by atoms with Crippen LogP contribution < -0.4 is 21.4 Å². The zero-order valence-corrected chi connectivity index (χ0v) is 20.8. The van der Waals surface area contributed by atoms with Crippen LogP contribution in [-0.4, -0.2) is 58.3 Å². The van der Waals surface area contributed by atoms with Gasteiger partial charge in [-0.15, -0.1) is 0 Å². The smallest absolute Gasteiger partial charge is 0.268 e. The summed E-state index contributed by atoms with van der Waals surface area (Å²) < 4.78 is 0. The Balaban J connectivity index is 1.47. The van der Waals surface area contributed by atoms with E-state index >= 15 is 0 Å². The van der Waals surface area contributed by atoms with E-state index in [-0.39, 0.29) is 18.0 Å². The second-order valence-electron chi connectivity index (χ2n) is 8.37. The van der Waals surface area contributed by atoms with Crippen LogP contribution in [-0.2, 0) is 16.0 Å². The summed E-state index contributed by atoms with van der Waals surface area (Å²) in [5.74, 6) is 4.37. The van der Waals surface area contributed by atoms with Gasteiger partial charge in [0, 0.05) is 47.2 Å². The molecule has 6 N–H and O–H groups in total. The zero-order chi connectivity index (χ0) is 27.3. The maximum Gasteiger partial charge on any atom is 0.268 e. The summed E-state index contributed by atoms with van der Waals surface area (Å²) in [6.45, 7) is 2.16. The van der Waals surface area contributed by atoms with Crippen LogP contribution in [0.2, 0.25) is 0 Å². The Morgan fingerprint density at radius 3 is 2.18 bits per heavy atom. The molecule has 2 aromatic carbocycles. The van der Waals surface area contributed by atoms with Crippen molar-refractivity contribution in [1.29, 1.82) is 0 Å². The number of hydrogen-bond acceptors (Lipinski definition) is 7. The second kappa shape index (κ2) is 14.2. The average Bonchev–Trinajstić information content (AvgIpc) is 2.94. The van der Waals surface area contributed by atoms with Gasteiger partial charge in [0.2, 0.25) is 5.91 Å². The van der Waals surface area contributed by atoms with Crippen molar-refractivity contribution in [3.8, 4) is 11.8 Å². The van der Waals surface area contributed by atoms with Crippen molar-refractivity contribution in [1.82, 2.24) is 21.1 Å². The number of anilines is 1. The first-order valence-electron chi connectivity index (χ1n) is 11.9. The molecule has 0 saturated heterocycles. The fourth-order valence-electron chi connectivity index (χ4n) is 3.36. The van der Waals surface area contributed by atoms with Gasteiger partial charge >= 0.3 is 0 Å². The molecule has 0 radical (unpaired) electrons. The summed E-state index contributed by atoms with van der Waals surface area (Å²) >= 11 is 0. The van der Waals surface area contributed by atoms with E-state index < -0.39 is 24.0 Å². The van der Waals surface area contributed by atoms with Crippen LogP contribution in [0, 0.1) is 11.8 Å². The largest absolute Gasteiger partial charge is 0.391 e. The minimum atomic E-state index is -1.30. The fraction of sp³-hybridized carbons (Fsp3) is 0.214. The lowest BCUT2D eigenvalue weighted by molar-refractivity contribution is -0.133. The number of carbonyl (C=O) groups is 3. The van der Waals surface area contributed by atoms with E-state index in [1.165, 1.54) is 12.4 Å². The molecule has 0 aliphatic rings. The molecule has 1 aromatic heterocycles. The van der Waals surface area contributed by atoms with Crippen LogP contribution in [0.3, 0.4) is 0 Å². The third kappa shape index (κ3) is 8.83. The Labute approximate surface area is 220 Å². The fourth-order valence-corrected chi connectivity index (χ4v) is 3.36. The number of nitrogens with one attached hydrogen (secondary N) is 4. The van der Waals surface area contributed by atoms with E-state index in [9.17, 15) is 19.5 Å². The molecule has 3 aromatic rings. The molecule has 10 nitrogen and oxygen atoms in total. The van der Waals surface area contributed by atoms with E-state index in [1.54, 1.807) is 54.7 Å². The number of aromatic nitrogens is 1. The predicted molar refractivity (Wildman–Crippen MR) is 141 cm³/mol. The highest BCUT2D eigenvalue weighted by Gasteiger charge is 2.25. The number of aliphatic hydroxyl groups is 1. The first-order valence-corrected chi connectivity index (χ1v) is 11.9. The Morgan fingerprint density at radius 1 is 0.947 bits per heavy atom. The van der Waals surface area contributed by atoms with E-state index in [4.69, 9.17) is 5.21 Å². The summed E-state index contributed by atoms with van der Waals surface area (Å²) in [5, 5.41) is 26.7. The minimum Gasteiger partial charge on any atom is -0.391 e. The first-order chi connectivity index (χ1) is 18.4. The van der Waals surface area contributed by atoms with Crippen LogP contribution in [0.1, 0.15) is 34.1 Å². The van der Waals surface area contributed by atoms with E-state index in [0.29, 0.717) is 17.8 Å². The van der Waals surface area contributed by atoms with E-state index in [1.807, 2.05) is 18.2 Å². The topological polar surface area (TPSA) is 153 Å². The second-order valence-corrected chi connectivity index (χ2v) is 8.37. The van der Waals surface area contributed by atoms with Crippen molar-refractivity contribution in [2.24, 2.45) is 0 Å². The van der Waals surface area contributed by atoms with Gasteiger partial charge in [-0.3, -0.25) is 24.6 Å². The Morgan fingerprint density at radius 2 is 1.61 bits per heavy atom. The lowest BCUT2D eigenvalue weighted by Gasteiger charge is -2.19. The number of carbonyl (C=O) groups excluding carboxylic acids is 3. The van der Waals surface area contributed by atoms with Gasteiger partial charge in [-0.25, -0.2) is 5.48 Å². The third-order valence-corrected chi connectivity index (χ3v) is 5.40. The van der Waals surface area contributed by atoms with Gasteiger partial charge in [0.15, 0.2) is 0 Å². The molecule has 3 rings (SSSR count). The molecule has 0 spiro atoms. The lowest BCUT2D eigenvalue weighted by Crippen LogP contribution is -2.51. The van der Waals surface area contributed by atoms with Crippen LogP contribution in [0.15, 0.2) is 72.9 Å². The minimum absolute atomic E-state index is 0.147. The van der Waals surface area contributed by atoms with Gasteiger partial charge in [-0.05, 0) is 67.6 Å². The van der Waals surface area contributed by atoms with Gasteiger partial charge < -0.3 is 21.1 Å². The summed E-state index contributed by atoms with van der Waals surface area (Å²) in [7, 11) is 0. The highest BCUT2D eigenvalue weighted by atomic mass is 16.5. The van der Waals surface area contributed by atoms with Crippen molar-refractivity contribution < 1.29 is 24.7 Å². The van der Waals surface area contributed by atoms with Gasteiger partial charge in [-0.1, -0.05) is 17.9 Å². The molecule has 2 unspecified atom stereocenters. The summed E-state index contributed by atoms with van der Waals surface area (Å²) in [6, 6.07) is 17.9. The molecule has 10 heteroatoms. The van der Waals surface area contributed by atoms with E-state index in [0.717, 1.165) is 17.7 Å². The normalized spacial score (nSPS) is 11.9. The molecule has 0 aliphatic heterocycles. The highest BCUT2D eigenvalue weighted by Crippen LogP contribution is 2.10. The summed E-state index contributed by atoms with van der Waals surface area (Å²) in [6.07, 6.45) is 1.28. The Hall–Kier alpha value is -4.56.